The van der Waals surface area contributed by atoms with Crippen LogP contribution in [-0.2, 0) is 11.3 Å². The van der Waals surface area contributed by atoms with Crippen molar-refractivity contribution in [3.63, 3.8) is 0 Å². The second kappa shape index (κ2) is 5.85. The Balaban J connectivity index is 1.53. The fourth-order valence-electron chi connectivity index (χ4n) is 3.34. The van der Waals surface area contributed by atoms with Gasteiger partial charge < -0.3 is 10.6 Å². The smallest absolute Gasteiger partial charge is 0.241 e. The highest BCUT2D eigenvalue weighted by atomic mass is 16.1. The number of anilines is 1. The molecule has 0 aliphatic heterocycles. The minimum absolute atomic E-state index is 0.0221. The molecular weight excluding hydrogens is 252 g/mol. The number of carbonyl (C=O) groups excluding carboxylic acids is 1. The number of nitrogens with zero attached hydrogens (tertiary/aromatic N) is 2. The van der Waals surface area contributed by atoms with Gasteiger partial charge in [-0.1, -0.05) is 12.8 Å². The van der Waals surface area contributed by atoms with Gasteiger partial charge in [-0.2, -0.15) is 5.10 Å². The van der Waals surface area contributed by atoms with E-state index in [9.17, 15) is 4.79 Å². The molecule has 3 rings (SSSR count). The summed E-state index contributed by atoms with van der Waals surface area (Å²) in [5.74, 6) is 1.92. The molecule has 2 saturated carbocycles. The average Bonchev–Trinajstić information content (AvgIpc) is 3.22. The van der Waals surface area contributed by atoms with Crippen molar-refractivity contribution in [3.8, 4) is 0 Å². The van der Waals surface area contributed by atoms with E-state index >= 15 is 0 Å². The predicted molar refractivity (Wildman–Crippen MR) is 78.4 cm³/mol. The Morgan fingerprint density at radius 1 is 1.35 bits per heavy atom. The van der Waals surface area contributed by atoms with Crippen LogP contribution in [-0.4, -0.2) is 28.8 Å². The highest BCUT2D eigenvalue weighted by molar-refractivity contribution is 5.75. The fourth-order valence-corrected chi connectivity index (χ4v) is 3.34. The first-order chi connectivity index (χ1) is 9.74. The van der Waals surface area contributed by atoms with Gasteiger partial charge in [-0.15, -0.1) is 0 Å². The van der Waals surface area contributed by atoms with Gasteiger partial charge in [0.25, 0.3) is 0 Å². The van der Waals surface area contributed by atoms with Crippen LogP contribution < -0.4 is 10.6 Å². The van der Waals surface area contributed by atoms with Crippen molar-refractivity contribution in [2.45, 2.75) is 51.1 Å². The SMILES string of the molecule is CNC(=O)Cn1cc(NC2CCCC(C3CC3)C2)cn1. The molecule has 2 unspecified atom stereocenters. The summed E-state index contributed by atoms with van der Waals surface area (Å²) < 4.78 is 1.68. The van der Waals surface area contributed by atoms with E-state index in [1.807, 2.05) is 12.4 Å². The van der Waals surface area contributed by atoms with Crippen LogP contribution in [0.2, 0.25) is 0 Å². The van der Waals surface area contributed by atoms with E-state index in [0.29, 0.717) is 6.04 Å². The van der Waals surface area contributed by atoms with E-state index < -0.39 is 0 Å². The maximum atomic E-state index is 11.3. The van der Waals surface area contributed by atoms with Crippen LogP contribution in [0.3, 0.4) is 0 Å². The zero-order valence-corrected chi connectivity index (χ0v) is 12.1. The molecule has 1 amide bonds. The quantitative estimate of drug-likeness (QED) is 0.865. The molecule has 2 N–H and O–H groups in total. The van der Waals surface area contributed by atoms with Crippen molar-refractivity contribution in [3.05, 3.63) is 12.4 Å². The number of rotatable bonds is 5. The maximum Gasteiger partial charge on any atom is 0.241 e. The molecule has 5 nitrogen and oxygen atoms in total. The first-order valence-electron chi connectivity index (χ1n) is 7.74. The van der Waals surface area contributed by atoms with E-state index in [-0.39, 0.29) is 12.5 Å². The zero-order valence-electron chi connectivity index (χ0n) is 12.1. The van der Waals surface area contributed by atoms with Crippen molar-refractivity contribution in [1.82, 2.24) is 15.1 Å². The molecule has 0 saturated heterocycles. The van der Waals surface area contributed by atoms with Crippen LogP contribution >= 0.6 is 0 Å². The lowest BCUT2D eigenvalue weighted by Crippen LogP contribution is -2.28. The number of aromatic nitrogens is 2. The van der Waals surface area contributed by atoms with Gasteiger partial charge in [0.15, 0.2) is 0 Å². The van der Waals surface area contributed by atoms with Crippen LogP contribution in [0, 0.1) is 11.8 Å². The molecular formula is C15H24N4O. The topological polar surface area (TPSA) is 59.0 Å². The summed E-state index contributed by atoms with van der Waals surface area (Å²) in [4.78, 5) is 11.3. The first kappa shape index (κ1) is 13.5. The average molecular weight is 276 g/mol. The molecule has 0 bridgehead atoms. The van der Waals surface area contributed by atoms with E-state index in [1.165, 1.54) is 38.5 Å². The highest BCUT2D eigenvalue weighted by Crippen LogP contribution is 2.44. The summed E-state index contributed by atoms with van der Waals surface area (Å²) in [6, 6.07) is 0.576. The van der Waals surface area contributed by atoms with Crippen molar-refractivity contribution >= 4 is 11.6 Å². The number of likely N-dealkylation sites (N-methyl/N-ethyl adjacent to an activating group) is 1. The molecule has 110 valence electrons. The first-order valence-corrected chi connectivity index (χ1v) is 7.74. The Morgan fingerprint density at radius 3 is 2.95 bits per heavy atom. The van der Waals surface area contributed by atoms with Gasteiger partial charge in [-0.3, -0.25) is 9.48 Å². The van der Waals surface area contributed by atoms with Crippen LogP contribution in [0.4, 0.5) is 5.69 Å². The van der Waals surface area contributed by atoms with Crippen molar-refractivity contribution < 1.29 is 4.79 Å². The lowest BCUT2D eigenvalue weighted by molar-refractivity contribution is -0.121. The van der Waals surface area contributed by atoms with Crippen molar-refractivity contribution in [1.29, 1.82) is 0 Å². The van der Waals surface area contributed by atoms with Gasteiger partial charge in [-0.05, 0) is 37.5 Å². The zero-order chi connectivity index (χ0) is 13.9. The molecule has 1 heterocycles. The van der Waals surface area contributed by atoms with Gasteiger partial charge in [-0.25, -0.2) is 0 Å². The summed E-state index contributed by atoms with van der Waals surface area (Å²) in [7, 11) is 1.64. The highest BCUT2D eigenvalue weighted by Gasteiger charge is 2.34. The maximum absolute atomic E-state index is 11.3. The molecule has 5 heteroatoms. The molecule has 2 fully saturated rings. The number of hydrogen-bond donors (Lipinski definition) is 2. The number of hydrogen-bond acceptors (Lipinski definition) is 3. The predicted octanol–water partition coefficient (Wildman–Crippen LogP) is 2.01. The molecule has 0 aromatic carbocycles. The van der Waals surface area contributed by atoms with E-state index in [2.05, 4.69) is 15.7 Å². The summed E-state index contributed by atoms with van der Waals surface area (Å²) in [6.07, 6.45) is 11.9. The molecule has 2 aliphatic rings. The summed E-state index contributed by atoms with van der Waals surface area (Å²) >= 11 is 0. The summed E-state index contributed by atoms with van der Waals surface area (Å²) in [5.41, 5.74) is 1.04. The minimum Gasteiger partial charge on any atom is -0.380 e. The second-order valence-corrected chi connectivity index (χ2v) is 6.21. The van der Waals surface area contributed by atoms with Crippen molar-refractivity contribution in [2.75, 3.05) is 12.4 Å². The van der Waals surface area contributed by atoms with Crippen LogP contribution in [0.1, 0.15) is 38.5 Å². The number of carbonyl (C=O) groups is 1. The van der Waals surface area contributed by atoms with Gasteiger partial charge in [0.1, 0.15) is 6.54 Å². The third-order valence-corrected chi connectivity index (χ3v) is 4.59. The Labute approximate surface area is 120 Å². The third-order valence-electron chi connectivity index (χ3n) is 4.59. The Hall–Kier alpha value is -1.52. The van der Waals surface area contributed by atoms with E-state index in [1.54, 1.807) is 11.7 Å². The van der Waals surface area contributed by atoms with Gasteiger partial charge in [0, 0.05) is 19.3 Å². The van der Waals surface area contributed by atoms with E-state index in [0.717, 1.165) is 17.5 Å². The second-order valence-electron chi connectivity index (χ2n) is 6.21. The number of nitrogens with one attached hydrogen (secondary N) is 2. The van der Waals surface area contributed by atoms with Crippen LogP contribution in [0.25, 0.3) is 0 Å². The Kier molecular flexibility index (Phi) is 3.94. The molecule has 1 aromatic rings. The molecule has 2 aliphatic carbocycles. The number of amides is 1. The summed E-state index contributed by atoms with van der Waals surface area (Å²) in [6.45, 7) is 0.285. The van der Waals surface area contributed by atoms with Crippen molar-refractivity contribution in [2.24, 2.45) is 11.8 Å². The Morgan fingerprint density at radius 2 is 2.20 bits per heavy atom. The lowest BCUT2D eigenvalue weighted by Gasteiger charge is -2.30. The fraction of sp³-hybridized carbons (Fsp3) is 0.733. The molecule has 0 radical (unpaired) electrons. The summed E-state index contributed by atoms with van der Waals surface area (Å²) in [5, 5.41) is 10.4. The normalized spacial score (nSPS) is 26.2. The lowest BCUT2D eigenvalue weighted by atomic mass is 9.82. The third kappa shape index (κ3) is 3.32. The largest absolute Gasteiger partial charge is 0.380 e. The van der Waals surface area contributed by atoms with E-state index in [4.69, 9.17) is 0 Å². The molecule has 2 atom stereocenters. The standard InChI is InChI=1S/C15H24N4O/c1-16-15(20)10-19-9-14(8-17-19)18-13-4-2-3-12(7-13)11-5-6-11/h8-9,11-13,18H,2-7,10H2,1H3,(H,16,20). The molecule has 1 aromatic heterocycles. The van der Waals surface area contributed by atoms with Gasteiger partial charge in [0.2, 0.25) is 5.91 Å². The molecule has 0 spiro atoms. The van der Waals surface area contributed by atoms with Crippen LogP contribution in [0.15, 0.2) is 12.4 Å². The monoisotopic (exact) mass is 276 g/mol. The molecule has 20 heavy (non-hydrogen) atoms. The van der Waals surface area contributed by atoms with Gasteiger partial charge in [0.05, 0.1) is 11.9 Å². The van der Waals surface area contributed by atoms with Crippen LogP contribution in [0.5, 0.6) is 0 Å². The minimum atomic E-state index is -0.0221. The van der Waals surface area contributed by atoms with Gasteiger partial charge >= 0.3 is 0 Å². The Bertz CT molecular complexity index is 466.